The van der Waals surface area contributed by atoms with Crippen LogP contribution in [0.15, 0.2) is 36.4 Å². The van der Waals surface area contributed by atoms with Crippen LogP contribution in [0.25, 0.3) is 22.3 Å². The molecule has 3 heterocycles. The van der Waals surface area contributed by atoms with Crippen molar-refractivity contribution in [2.24, 2.45) is 11.3 Å². The number of aromatic nitrogens is 2. The standard InChI is InChI=1S/C41H53N5O8S/c1-26-34(53-5)18-17-31-35(26)42-36(27-13-15-29(52-4)16-14-27)43-37(31)54-30-23-32-33(47)12-10-19-41(38(48)44-55(50,51)40(2)20-21-40)24-28(41)11-8-6-7-9-22-45(3)39(49)46(32)25-30/h13-18,28,30,32H,6-12,19-25H2,1-5H3,(H,44,48)/t28-,30-,32+,41+/m1/s1. The van der Waals surface area contributed by atoms with Crippen LogP contribution in [-0.4, -0.2) is 97.2 Å². The molecule has 13 nitrogen and oxygen atoms in total. The first kappa shape index (κ1) is 38.8. The molecule has 7 rings (SSSR count). The smallest absolute Gasteiger partial charge is 0.320 e. The maximum atomic E-state index is 14.1. The van der Waals surface area contributed by atoms with E-state index in [-0.39, 0.29) is 37.1 Å². The lowest BCUT2D eigenvalue weighted by Crippen LogP contribution is -2.47. The predicted molar refractivity (Wildman–Crippen MR) is 208 cm³/mol. The van der Waals surface area contributed by atoms with Crippen LogP contribution in [0.5, 0.6) is 17.4 Å². The van der Waals surface area contributed by atoms with Crippen LogP contribution in [0, 0.1) is 18.3 Å². The number of carbonyl (C=O) groups excluding carboxylic acids is 3. The Bertz CT molecular complexity index is 2070. The Morgan fingerprint density at radius 2 is 1.69 bits per heavy atom. The number of ether oxygens (including phenoxy) is 3. The summed E-state index contributed by atoms with van der Waals surface area (Å²) < 4.78 is 45.2. The number of fused-ring (bicyclic) bond motifs is 3. The van der Waals surface area contributed by atoms with Crippen molar-refractivity contribution in [1.82, 2.24) is 24.5 Å². The van der Waals surface area contributed by atoms with Gasteiger partial charge in [0.1, 0.15) is 17.6 Å². The van der Waals surface area contributed by atoms with E-state index in [1.807, 2.05) is 43.3 Å². The molecule has 1 N–H and O–H groups in total. The van der Waals surface area contributed by atoms with Gasteiger partial charge in [0.2, 0.25) is 21.8 Å². The second-order valence-corrected chi connectivity index (χ2v) is 18.4. The van der Waals surface area contributed by atoms with Crippen molar-refractivity contribution < 1.29 is 37.0 Å². The van der Waals surface area contributed by atoms with Gasteiger partial charge in [-0.15, -0.1) is 0 Å². The van der Waals surface area contributed by atoms with Crippen LogP contribution in [-0.2, 0) is 19.6 Å². The molecule has 14 heteroatoms. The van der Waals surface area contributed by atoms with Gasteiger partial charge in [0.25, 0.3) is 0 Å². The quantitative estimate of drug-likeness (QED) is 0.279. The minimum Gasteiger partial charge on any atom is -0.497 e. The number of aryl methyl sites for hydroxylation is 1. The maximum Gasteiger partial charge on any atom is 0.320 e. The van der Waals surface area contributed by atoms with Gasteiger partial charge in [-0.2, -0.15) is 4.98 Å². The zero-order valence-corrected chi connectivity index (χ0v) is 33.4. The van der Waals surface area contributed by atoms with Gasteiger partial charge in [0.15, 0.2) is 11.6 Å². The Hall–Kier alpha value is -4.46. The van der Waals surface area contributed by atoms with Crippen LogP contribution in [0.4, 0.5) is 4.79 Å². The van der Waals surface area contributed by atoms with Gasteiger partial charge in [-0.3, -0.25) is 14.3 Å². The molecule has 2 saturated carbocycles. The molecule has 4 atom stereocenters. The van der Waals surface area contributed by atoms with Crippen LogP contribution in [0.2, 0.25) is 0 Å². The van der Waals surface area contributed by atoms with Crippen LogP contribution in [0.3, 0.4) is 0 Å². The van der Waals surface area contributed by atoms with Crippen molar-refractivity contribution in [3.63, 3.8) is 0 Å². The average molecular weight is 776 g/mol. The van der Waals surface area contributed by atoms with Gasteiger partial charge in [-0.05, 0) is 101 Å². The third kappa shape index (κ3) is 7.71. The van der Waals surface area contributed by atoms with Gasteiger partial charge in [0, 0.05) is 37.6 Å². The number of benzene rings is 2. The third-order valence-corrected chi connectivity index (χ3v) is 14.6. The number of nitrogens with zero attached hydrogens (tertiary/aromatic N) is 4. The highest BCUT2D eigenvalue weighted by atomic mass is 32.2. The fraction of sp³-hybridized carbons (Fsp3) is 0.585. The molecule has 296 valence electrons. The molecular formula is C41H53N5O8S. The van der Waals surface area contributed by atoms with Gasteiger partial charge in [0.05, 0.1) is 47.9 Å². The first-order valence-corrected chi connectivity index (χ1v) is 21.0. The highest BCUT2D eigenvalue weighted by Crippen LogP contribution is 2.59. The van der Waals surface area contributed by atoms with Gasteiger partial charge in [-0.25, -0.2) is 18.2 Å². The average Bonchev–Trinajstić information content (AvgIpc) is 4.06. The largest absolute Gasteiger partial charge is 0.497 e. The van der Waals surface area contributed by atoms with Gasteiger partial charge >= 0.3 is 6.03 Å². The lowest BCUT2D eigenvalue weighted by molar-refractivity contribution is -0.126. The third-order valence-electron chi connectivity index (χ3n) is 12.4. The molecule has 2 aromatic carbocycles. The summed E-state index contributed by atoms with van der Waals surface area (Å²) in [6.07, 6.45) is 6.93. The molecule has 4 fully saturated rings. The van der Waals surface area contributed by atoms with Gasteiger partial charge < -0.3 is 24.0 Å². The Labute approximate surface area is 323 Å². The first-order chi connectivity index (χ1) is 26.3. The molecule has 2 aliphatic carbocycles. The molecule has 0 unspecified atom stereocenters. The van der Waals surface area contributed by atoms with Crippen LogP contribution < -0.4 is 18.9 Å². The number of methoxy groups -OCH3 is 2. The van der Waals surface area contributed by atoms with E-state index < -0.39 is 38.2 Å². The number of carbonyl (C=O) groups is 3. The van der Waals surface area contributed by atoms with Crippen molar-refractivity contribution in [3.8, 4) is 28.8 Å². The van der Waals surface area contributed by atoms with E-state index in [9.17, 15) is 22.8 Å². The Morgan fingerprint density at radius 1 is 0.945 bits per heavy atom. The number of hydrogen-bond donors (Lipinski definition) is 1. The van der Waals surface area contributed by atoms with Crippen molar-refractivity contribution >= 4 is 38.6 Å². The zero-order valence-electron chi connectivity index (χ0n) is 32.6. The van der Waals surface area contributed by atoms with E-state index in [0.29, 0.717) is 72.8 Å². The minimum absolute atomic E-state index is 0.0943. The summed E-state index contributed by atoms with van der Waals surface area (Å²) >= 11 is 0. The predicted octanol–water partition coefficient (Wildman–Crippen LogP) is 6.20. The lowest BCUT2D eigenvalue weighted by Gasteiger charge is -2.29. The molecule has 4 aliphatic rings. The summed E-state index contributed by atoms with van der Waals surface area (Å²) in [4.78, 5) is 54.9. The topological polar surface area (TPSA) is 157 Å². The number of Topliss-reactive ketones (excluding diaryl/α,β-unsaturated/α-hetero) is 1. The first-order valence-electron chi connectivity index (χ1n) is 19.6. The molecule has 2 saturated heterocycles. The molecule has 0 bridgehead atoms. The Morgan fingerprint density at radius 3 is 2.40 bits per heavy atom. The number of sulfonamides is 1. The molecule has 3 aromatic rings. The Balaban J connectivity index is 1.14. The summed E-state index contributed by atoms with van der Waals surface area (Å²) in [5, 5.41) is 0.686. The van der Waals surface area contributed by atoms with Crippen molar-refractivity contribution in [2.75, 3.05) is 34.4 Å². The van der Waals surface area contributed by atoms with E-state index in [1.54, 1.807) is 38.0 Å². The number of rotatable bonds is 8. The van der Waals surface area contributed by atoms with Crippen LogP contribution >= 0.6 is 0 Å². The van der Waals surface area contributed by atoms with Crippen LogP contribution in [0.1, 0.15) is 89.5 Å². The molecule has 2 aliphatic heterocycles. The summed E-state index contributed by atoms with van der Waals surface area (Å²) in [5.41, 5.74) is 1.47. The SMILES string of the molecule is COc1ccc(-c2nc(O[C@@H]3C[C@H]4C(=O)CCC[C@]5(C(=O)NS(=O)(=O)C6(C)CC6)C[C@H]5CCCCCCN(C)C(=O)N4C3)c3ccc(OC)c(C)c3n2)cc1. The summed E-state index contributed by atoms with van der Waals surface area (Å²) in [6.45, 7) is 4.36. The maximum absolute atomic E-state index is 14.1. The second kappa shape index (κ2) is 15.2. The van der Waals surface area contributed by atoms with Crippen molar-refractivity contribution in [3.05, 3.63) is 42.0 Å². The fourth-order valence-electron chi connectivity index (χ4n) is 8.42. The van der Waals surface area contributed by atoms with E-state index in [0.717, 1.165) is 43.2 Å². The zero-order chi connectivity index (χ0) is 39.1. The second-order valence-electron chi connectivity index (χ2n) is 16.2. The molecular weight excluding hydrogens is 723 g/mol. The number of ketones is 1. The van der Waals surface area contributed by atoms with E-state index in [2.05, 4.69) is 4.72 Å². The van der Waals surface area contributed by atoms with E-state index in [1.165, 1.54) is 0 Å². The van der Waals surface area contributed by atoms with Crippen molar-refractivity contribution in [2.45, 2.75) is 108 Å². The summed E-state index contributed by atoms with van der Waals surface area (Å²) in [5.74, 6) is 1.75. The summed E-state index contributed by atoms with van der Waals surface area (Å²) in [7, 11) is 1.23. The van der Waals surface area contributed by atoms with E-state index >= 15 is 0 Å². The number of hydrogen-bond acceptors (Lipinski definition) is 10. The normalized spacial score (nSPS) is 25.9. The molecule has 1 aromatic heterocycles. The lowest BCUT2D eigenvalue weighted by atomic mass is 9.91. The fourth-order valence-corrected chi connectivity index (χ4v) is 9.76. The number of amides is 3. The van der Waals surface area contributed by atoms with Gasteiger partial charge in [-0.1, -0.05) is 19.3 Å². The summed E-state index contributed by atoms with van der Waals surface area (Å²) in [6, 6.07) is 10.2. The molecule has 55 heavy (non-hydrogen) atoms. The molecule has 0 spiro atoms. The van der Waals surface area contributed by atoms with E-state index in [4.69, 9.17) is 24.2 Å². The number of nitrogens with one attached hydrogen (secondary N) is 1. The Kier molecular flexibility index (Phi) is 10.7. The minimum atomic E-state index is -3.77. The molecule has 0 radical (unpaired) electrons. The number of urea groups is 1. The monoisotopic (exact) mass is 775 g/mol. The highest BCUT2D eigenvalue weighted by Gasteiger charge is 2.61. The van der Waals surface area contributed by atoms with Crippen molar-refractivity contribution in [1.29, 1.82) is 0 Å². The molecule has 3 amide bonds. The highest BCUT2D eigenvalue weighted by molar-refractivity contribution is 7.91.